The van der Waals surface area contributed by atoms with Crippen LogP contribution in [0.5, 0.6) is 0 Å². The predicted molar refractivity (Wildman–Crippen MR) is 86.3 cm³/mol. The van der Waals surface area contributed by atoms with E-state index in [0.29, 0.717) is 18.5 Å². The first-order chi connectivity index (χ1) is 9.69. The molecule has 0 unspecified atom stereocenters. The predicted octanol–water partition coefficient (Wildman–Crippen LogP) is 2.64. The Hall–Kier alpha value is -0.710. The van der Waals surface area contributed by atoms with Crippen LogP contribution in [-0.4, -0.2) is 46.9 Å². The van der Waals surface area contributed by atoms with E-state index in [1.165, 1.54) is 32.1 Å². The average molecular weight is 297 g/mol. The molecule has 20 heavy (non-hydrogen) atoms. The number of hydrogen-bond acceptors (Lipinski definition) is 3. The van der Waals surface area contributed by atoms with Gasteiger partial charge in [0.15, 0.2) is 5.17 Å². The molecule has 0 radical (unpaired) electrons. The summed E-state index contributed by atoms with van der Waals surface area (Å²) in [6.07, 6.45) is 7.12. The second kappa shape index (κ2) is 7.34. The van der Waals surface area contributed by atoms with Gasteiger partial charge >= 0.3 is 0 Å². The third kappa shape index (κ3) is 3.90. The third-order valence-corrected chi connectivity index (χ3v) is 5.57. The van der Waals surface area contributed by atoms with Crippen molar-refractivity contribution in [2.24, 2.45) is 4.99 Å². The molecule has 1 spiro atoms. The molecule has 0 aromatic carbocycles. The zero-order chi connectivity index (χ0) is 14.4. The van der Waals surface area contributed by atoms with Crippen LogP contribution >= 0.6 is 11.8 Å². The maximum Gasteiger partial charge on any atom is 0.224 e. The van der Waals surface area contributed by atoms with Crippen molar-refractivity contribution in [3.8, 4) is 0 Å². The minimum Gasteiger partial charge on any atom is -0.359 e. The van der Waals surface area contributed by atoms with Crippen LogP contribution in [0.4, 0.5) is 0 Å². The minimum absolute atomic E-state index is 0.217. The Balaban J connectivity index is 1.77. The van der Waals surface area contributed by atoms with Gasteiger partial charge < -0.3 is 10.2 Å². The maximum atomic E-state index is 11.9. The third-order valence-electron chi connectivity index (χ3n) is 4.37. The van der Waals surface area contributed by atoms with Crippen LogP contribution in [0.2, 0.25) is 0 Å². The Bertz CT molecular complexity index is 360. The summed E-state index contributed by atoms with van der Waals surface area (Å²) >= 11 is 1.83. The normalized spacial score (nSPS) is 23.0. The van der Waals surface area contributed by atoms with Crippen molar-refractivity contribution in [3.63, 3.8) is 0 Å². The van der Waals surface area contributed by atoms with E-state index in [-0.39, 0.29) is 5.91 Å². The molecule has 2 fully saturated rings. The van der Waals surface area contributed by atoms with Gasteiger partial charge in [-0.1, -0.05) is 31.0 Å². The number of carbonyl (C=O) groups excluding carboxylic acids is 1. The van der Waals surface area contributed by atoms with Crippen LogP contribution in [0.25, 0.3) is 0 Å². The van der Waals surface area contributed by atoms with Gasteiger partial charge in [0.25, 0.3) is 0 Å². The summed E-state index contributed by atoms with van der Waals surface area (Å²) in [6.45, 7) is 6.24. The first-order valence-corrected chi connectivity index (χ1v) is 8.91. The first-order valence-electron chi connectivity index (χ1n) is 7.92. The van der Waals surface area contributed by atoms with Crippen molar-refractivity contribution in [1.29, 1.82) is 0 Å². The van der Waals surface area contributed by atoms with E-state index in [0.717, 1.165) is 24.0 Å². The smallest absolute Gasteiger partial charge is 0.224 e. The Morgan fingerprint density at radius 1 is 1.30 bits per heavy atom. The fourth-order valence-electron chi connectivity index (χ4n) is 3.08. The van der Waals surface area contributed by atoms with Gasteiger partial charge in [-0.3, -0.25) is 9.79 Å². The van der Waals surface area contributed by atoms with Gasteiger partial charge in [0, 0.05) is 30.8 Å². The highest BCUT2D eigenvalue weighted by molar-refractivity contribution is 8.14. The van der Waals surface area contributed by atoms with Crippen LogP contribution in [0.15, 0.2) is 4.99 Å². The lowest BCUT2D eigenvalue weighted by atomic mass is 9.83. The van der Waals surface area contributed by atoms with Gasteiger partial charge in [-0.2, -0.15) is 0 Å². The molecule has 2 rings (SSSR count). The summed E-state index contributed by atoms with van der Waals surface area (Å²) in [5.74, 6) is 1.37. The van der Waals surface area contributed by atoms with E-state index < -0.39 is 0 Å². The fraction of sp³-hybridized carbons (Fsp3) is 0.867. The number of amides is 1. The van der Waals surface area contributed by atoms with Gasteiger partial charge in [0.2, 0.25) is 5.91 Å². The van der Waals surface area contributed by atoms with Crippen LogP contribution in [0, 0.1) is 0 Å². The Labute approximate surface area is 126 Å². The second-order valence-electron chi connectivity index (χ2n) is 5.76. The van der Waals surface area contributed by atoms with Crippen molar-refractivity contribution in [3.05, 3.63) is 0 Å². The Morgan fingerprint density at radius 2 is 2.00 bits per heavy atom. The van der Waals surface area contributed by atoms with Crippen molar-refractivity contribution in [1.82, 2.24) is 10.2 Å². The van der Waals surface area contributed by atoms with Crippen molar-refractivity contribution < 1.29 is 4.79 Å². The maximum absolute atomic E-state index is 11.9. The summed E-state index contributed by atoms with van der Waals surface area (Å²) in [7, 11) is 0. The zero-order valence-electron chi connectivity index (χ0n) is 12.8. The Kier molecular flexibility index (Phi) is 5.75. The summed E-state index contributed by atoms with van der Waals surface area (Å²) in [4.78, 5) is 18.4. The molecule has 2 aliphatic rings. The number of nitrogens with zero attached hydrogens (tertiary/aromatic N) is 2. The first kappa shape index (κ1) is 15.7. The van der Waals surface area contributed by atoms with Gasteiger partial charge in [-0.25, -0.2) is 0 Å². The number of nitrogens with one attached hydrogen (secondary N) is 1. The lowest BCUT2D eigenvalue weighted by Crippen LogP contribution is -2.45. The van der Waals surface area contributed by atoms with E-state index in [1.807, 2.05) is 30.5 Å². The van der Waals surface area contributed by atoms with Crippen molar-refractivity contribution >= 4 is 22.8 Å². The summed E-state index contributed by atoms with van der Waals surface area (Å²) in [5.41, 5.74) is 0.310. The number of hydrogen-bond donors (Lipinski definition) is 1. The van der Waals surface area contributed by atoms with Crippen molar-refractivity contribution in [2.45, 2.75) is 57.9 Å². The molecule has 1 amide bonds. The number of thioether (sulfide) groups is 1. The molecule has 1 saturated heterocycles. The van der Waals surface area contributed by atoms with E-state index in [9.17, 15) is 4.79 Å². The lowest BCUT2D eigenvalue weighted by Gasteiger charge is -2.32. The number of aliphatic imine (C=N–C) groups is 1. The standard InChI is InChI=1S/C15H27N3OS/c1-3-18(4-2)13(19)8-11-16-14-17-15(12-20-14)9-6-5-7-10-15/h3-12H2,1-2H3,(H,16,17). The van der Waals surface area contributed by atoms with Crippen molar-refractivity contribution in [2.75, 3.05) is 25.4 Å². The topological polar surface area (TPSA) is 44.7 Å². The molecule has 1 aliphatic heterocycles. The molecular formula is C15H27N3OS. The molecule has 0 aromatic rings. The Morgan fingerprint density at radius 3 is 2.65 bits per heavy atom. The number of amidine groups is 1. The zero-order valence-corrected chi connectivity index (χ0v) is 13.6. The summed E-state index contributed by atoms with van der Waals surface area (Å²) in [6, 6.07) is 0. The molecule has 0 atom stereocenters. The lowest BCUT2D eigenvalue weighted by molar-refractivity contribution is -0.130. The quantitative estimate of drug-likeness (QED) is 0.848. The SMILES string of the molecule is CCN(CC)C(=O)CCN=C1NC2(CCCCC2)CS1. The molecule has 114 valence electrons. The monoisotopic (exact) mass is 297 g/mol. The van der Waals surface area contributed by atoms with E-state index in [1.54, 1.807) is 0 Å². The van der Waals surface area contributed by atoms with Crippen LogP contribution < -0.4 is 5.32 Å². The molecule has 4 nitrogen and oxygen atoms in total. The van der Waals surface area contributed by atoms with Crippen LogP contribution in [-0.2, 0) is 4.79 Å². The van der Waals surface area contributed by atoms with Crippen LogP contribution in [0.1, 0.15) is 52.4 Å². The number of carbonyl (C=O) groups is 1. The largest absolute Gasteiger partial charge is 0.359 e. The molecular weight excluding hydrogens is 270 g/mol. The highest BCUT2D eigenvalue weighted by Crippen LogP contribution is 2.36. The number of rotatable bonds is 5. The molecule has 0 aromatic heterocycles. The van der Waals surface area contributed by atoms with Gasteiger partial charge in [-0.05, 0) is 26.7 Å². The minimum atomic E-state index is 0.217. The van der Waals surface area contributed by atoms with E-state index in [4.69, 9.17) is 0 Å². The highest BCUT2D eigenvalue weighted by atomic mass is 32.2. The molecule has 1 saturated carbocycles. The fourth-order valence-corrected chi connectivity index (χ4v) is 4.32. The molecule has 1 heterocycles. The second-order valence-corrected chi connectivity index (χ2v) is 6.72. The van der Waals surface area contributed by atoms with Crippen LogP contribution in [0.3, 0.4) is 0 Å². The average Bonchev–Trinajstić information content (AvgIpc) is 2.84. The molecule has 1 aliphatic carbocycles. The van der Waals surface area contributed by atoms with E-state index in [2.05, 4.69) is 10.3 Å². The van der Waals surface area contributed by atoms with E-state index >= 15 is 0 Å². The molecule has 0 bridgehead atoms. The van der Waals surface area contributed by atoms with Gasteiger partial charge in [0.1, 0.15) is 0 Å². The molecule has 1 N–H and O–H groups in total. The summed E-state index contributed by atoms with van der Waals surface area (Å²) < 4.78 is 0. The van der Waals surface area contributed by atoms with Gasteiger partial charge in [0.05, 0.1) is 6.54 Å². The van der Waals surface area contributed by atoms with Gasteiger partial charge in [-0.15, -0.1) is 0 Å². The molecule has 5 heteroatoms. The highest BCUT2D eigenvalue weighted by Gasteiger charge is 2.37. The summed E-state index contributed by atoms with van der Waals surface area (Å²) in [5, 5.41) is 4.68.